The maximum Gasteiger partial charge on any atom is 0.274 e. The van der Waals surface area contributed by atoms with Gasteiger partial charge >= 0.3 is 0 Å². The number of nitrogens with one attached hydrogen (secondary N) is 1. The standard InChI is InChI=1S/C21H33N5O3/c1-2-26-16-9-18(23-26)21(29)25-13-7-17(8-14-25)20(28)24-12-6-4-3-5-11-22-19(27)10-15-24/h9,16-17H,2-8,10-15H2,1H3,(H,22,27). The number of carbonyl (C=O) groups excluding carboxylic acids is 3. The summed E-state index contributed by atoms with van der Waals surface area (Å²) in [7, 11) is 0. The number of carbonyl (C=O) groups is 3. The quantitative estimate of drug-likeness (QED) is 0.832. The Morgan fingerprint density at radius 3 is 2.55 bits per heavy atom. The molecule has 0 atom stereocenters. The molecule has 3 amide bonds. The number of amides is 3. The third-order valence-corrected chi connectivity index (χ3v) is 5.91. The number of rotatable bonds is 3. The molecule has 2 fully saturated rings. The molecule has 0 bridgehead atoms. The van der Waals surface area contributed by atoms with Crippen molar-refractivity contribution in [2.24, 2.45) is 5.92 Å². The first kappa shape index (κ1) is 21.3. The summed E-state index contributed by atoms with van der Waals surface area (Å²) < 4.78 is 1.74. The highest BCUT2D eigenvalue weighted by Gasteiger charge is 2.31. The van der Waals surface area contributed by atoms with E-state index in [1.165, 1.54) is 0 Å². The minimum Gasteiger partial charge on any atom is -0.356 e. The van der Waals surface area contributed by atoms with E-state index in [1.807, 2.05) is 18.0 Å². The van der Waals surface area contributed by atoms with Crippen molar-refractivity contribution in [1.29, 1.82) is 0 Å². The summed E-state index contributed by atoms with van der Waals surface area (Å²) in [5.74, 6) is 0.0338. The van der Waals surface area contributed by atoms with Gasteiger partial charge in [0.2, 0.25) is 11.8 Å². The lowest BCUT2D eigenvalue weighted by molar-refractivity contribution is -0.137. The first-order valence-electron chi connectivity index (χ1n) is 11.0. The molecule has 0 aliphatic carbocycles. The normalized spacial score (nSPS) is 20.1. The summed E-state index contributed by atoms with van der Waals surface area (Å²) in [4.78, 5) is 41.3. The molecule has 8 heteroatoms. The van der Waals surface area contributed by atoms with Crippen LogP contribution in [-0.4, -0.2) is 70.0 Å². The molecule has 0 spiro atoms. The number of likely N-dealkylation sites (tertiary alicyclic amines) is 1. The fraction of sp³-hybridized carbons (Fsp3) is 0.714. The summed E-state index contributed by atoms with van der Waals surface area (Å²) in [6.45, 7) is 5.80. The van der Waals surface area contributed by atoms with Gasteiger partial charge in [0.15, 0.2) is 0 Å². The van der Waals surface area contributed by atoms with Crippen LogP contribution in [0.15, 0.2) is 12.3 Å². The smallest absolute Gasteiger partial charge is 0.274 e. The lowest BCUT2D eigenvalue weighted by Gasteiger charge is -2.34. The van der Waals surface area contributed by atoms with Gasteiger partial charge in [-0.25, -0.2) is 0 Å². The second-order valence-electron chi connectivity index (χ2n) is 7.96. The molecule has 0 aromatic carbocycles. The summed E-state index contributed by atoms with van der Waals surface area (Å²) in [5, 5.41) is 7.22. The third-order valence-electron chi connectivity index (χ3n) is 5.91. The Morgan fingerprint density at radius 1 is 1.07 bits per heavy atom. The predicted molar refractivity (Wildman–Crippen MR) is 109 cm³/mol. The van der Waals surface area contributed by atoms with Crippen molar-refractivity contribution >= 4 is 17.7 Å². The highest BCUT2D eigenvalue weighted by molar-refractivity contribution is 5.92. The molecule has 3 rings (SSSR count). The lowest BCUT2D eigenvalue weighted by atomic mass is 9.94. The van der Waals surface area contributed by atoms with E-state index in [0.717, 1.165) is 45.3 Å². The van der Waals surface area contributed by atoms with E-state index in [2.05, 4.69) is 10.4 Å². The van der Waals surface area contributed by atoms with E-state index in [0.29, 0.717) is 44.6 Å². The summed E-state index contributed by atoms with van der Waals surface area (Å²) in [6.07, 6.45) is 7.66. The molecule has 2 aliphatic rings. The molecule has 8 nitrogen and oxygen atoms in total. The Hall–Kier alpha value is -2.38. The fourth-order valence-corrected chi connectivity index (χ4v) is 4.07. The highest BCUT2D eigenvalue weighted by atomic mass is 16.2. The Balaban J connectivity index is 1.53. The number of nitrogens with zero attached hydrogens (tertiary/aromatic N) is 4. The Kier molecular flexibility index (Phi) is 7.66. The van der Waals surface area contributed by atoms with Crippen LogP contribution in [0.5, 0.6) is 0 Å². The molecule has 1 N–H and O–H groups in total. The van der Waals surface area contributed by atoms with Gasteiger partial charge in [-0.05, 0) is 38.7 Å². The van der Waals surface area contributed by atoms with E-state index >= 15 is 0 Å². The summed E-state index contributed by atoms with van der Waals surface area (Å²) in [6, 6.07) is 1.75. The van der Waals surface area contributed by atoms with Crippen molar-refractivity contribution in [1.82, 2.24) is 24.9 Å². The van der Waals surface area contributed by atoms with Crippen LogP contribution in [0.3, 0.4) is 0 Å². The second-order valence-corrected chi connectivity index (χ2v) is 7.96. The van der Waals surface area contributed by atoms with Gasteiger partial charge in [-0.15, -0.1) is 0 Å². The lowest BCUT2D eigenvalue weighted by Crippen LogP contribution is -2.45. The van der Waals surface area contributed by atoms with E-state index in [4.69, 9.17) is 0 Å². The van der Waals surface area contributed by atoms with Crippen molar-refractivity contribution in [2.75, 3.05) is 32.7 Å². The zero-order valence-electron chi connectivity index (χ0n) is 17.4. The number of hydrogen-bond acceptors (Lipinski definition) is 4. The minimum absolute atomic E-state index is 0.0247. The molecule has 160 valence electrons. The monoisotopic (exact) mass is 403 g/mol. The zero-order valence-corrected chi connectivity index (χ0v) is 17.4. The topological polar surface area (TPSA) is 87.5 Å². The van der Waals surface area contributed by atoms with Gasteiger partial charge in [-0.3, -0.25) is 19.1 Å². The maximum absolute atomic E-state index is 13.1. The Bertz CT molecular complexity index is 709. The van der Waals surface area contributed by atoms with Crippen LogP contribution in [0.4, 0.5) is 0 Å². The van der Waals surface area contributed by atoms with E-state index in [1.54, 1.807) is 15.6 Å². The van der Waals surface area contributed by atoms with Crippen molar-refractivity contribution in [3.05, 3.63) is 18.0 Å². The molecule has 2 saturated heterocycles. The number of piperidine rings is 1. The zero-order chi connectivity index (χ0) is 20.6. The largest absolute Gasteiger partial charge is 0.356 e. The molecule has 0 saturated carbocycles. The van der Waals surface area contributed by atoms with Gasteiger partial charge in [0.25, 0.3) is 5.91 Å². The molecular weight excluding hydrogens is 370 g/mol. The van der Waals surface area contributed by atoms with Gasteiger partial charge in [0.05, 0.1) is 0 Å². The van der Waals surface area contributed by atoms with Crippen molar-refractivity contribution in [3.63, 3.8) is 0 Å². The third kappa shape index (κ3) is 5.81. The van der Waals surface area contributed by atoms with Crippen LogP contribution in [0, 0.1) is 5.92 Å². The van der Waals surface area contributed by atoms with Crippen LogP contribution in [0.25, 0.3) is 0 Å². The molecule has 2 aliphatic heterocycles. The average molecular weight is 404 g/mol. The van der Waals surface area contributed by atoms with Gasteiger partial charge in [0, 0.05) is 57.8 Å². The van der Waals surface area contributed by atoms with Crippen molar-refractivity contribution in [3.8, 4) is 0 Å². The highest BCUT2D eigenvalue weighted by Crippen LogP contribution is 2.22. The van der Waals surface area contributed by atoms with Crippen LogP contribution < -0.4 is 5.32 Å². The maximum atomic E-state index is 13.1. The van der Waals surface area contributed by atoms with Gasteiger partial charge in [-0.1, -0.05) is 12.8 Å². The first-order chi connectivity index (χ1) is 14.1. The van der Waals surface area contributed by atoms with E-state index in [-0.39, 0.29) is 23.6 Å². The number of aromatic nitrogens is 2. The first-order valence-corrected chi connectivity index (χ1v) is 11.0. The SMILES string of the molecule is CCn1ccc(C(=O)N2CCC(C(=O)N3CCCCCCNC(=O)CC3)CC2)n1. The molecule has 1 aromatic rings. The molecule has 0 radical (unpaired) electrons. The average Bonchev–Trinajstić information content (AvgIpc) is 3.21. The second kappa shape index (κ2) is 10.4. The number of hydrogen-bond donors (Lipinski definition) is 1. The van der Waals surface area contributed by atoms with Crippen molar-refractivity contribution in [2.45, 2.75) is 58.4 Å². The predicted octanol–water partition coefficient (Wildman–Crippen LogP) is 1.66. The Morgan fingerprint density at radius 2 is 1.83 bits per heavy atom. The van der Waals surface area contributed by atoms with E-state index in [9.17, 15) is 14.4 Å². The minimum atomic E-state index is -0.0690. The van der Waals surface area contributed by atoms with Crippen LogP contribution >= 0.6 is 0 Å². The molecular formula is C21H33N5O3. The van der Waals surface area contributed by atoms with Crippen LogP contribution in [0.1, 0.15) is 62.4 Å². The number of aryl methyl sites for hydroxylation is 1. The molecule has 1 aromatic heterocycles. The van der Waals surface area contributed by atoms with Gasteiger partial charge < -0.3 is 15.1 Å². The van der Waals surface area contributed by atoms with Crippen LogP contribution in [-0.2, 0) is 16.1 Å². The molecule has 3 heterocycles. The molecule has 0 unspecified atom stereocenters. The molecule has 29 heavy (non-hydrogen) atoms. The Labute approximate surface area is 172 Å². The van der Waals surface area contributed by atoms with E-state index < -0.39 is 0 Å². The summed E-state index contributed by atoms with van der Waals surface area (Å²) in [5.41, 5.74) is 0.467. The van der Waals surface area contributed by atoms with Crippen molar-refractivity contribution < 1.29 is 14.4 Å². The fourth-order valence-electron chi connectivity index (χ4n) is 4.07. The van der Waals surface area contributed by atoms with Crippen LogP contribution in [0.2, 0.25) is 0 Å². The summed E-state index contributed by atoms with van der Waals surface area (Å²) >= 11 is 0. The van der Waals surface area contributed by atoms with Gasteiger partial charge in [-0.2, -0.15) is 5.10 Å². The van der Waals surface area contributed by atoms with Gasteiger partial charge in [0.1, 0.15) is 5.69 Å².